The summed E-state index contributed by atoms with van der Waals surface area (Å²) >= 11 is 0. The molecule has 3 rings (SSSR count). The molecule has 2 aliphatic rings. The Hall–Kier alpha value is -2.08. The molecular weight excluding hydrogens is 332 g/mol. The Morgan fingerprint density at radius 2 is 2.04 bits per heavy atom. The molecule has 6 nitrogen and oxygen atoms in total. The number of benzene rings is 1. The highest BCUT2D eigenvalue weighted by atomic mass is 16.6. The van der Waals surface area contributed by atoms with E-state index in [1.54, 1.807) is 4.90 Å². The van der Waals surface area contributed by atoms with Gasteiger partial charge in [-0.05, 0) is 38.0 Å². The van der Waals surface area contributed by atoms with E-state index < -0.39 is 5.60 Å². The molecule has 0 aliphatic carbocycles. The zero-order chi connectivity index (χ0) is 18.7. The summed E-state index contributed by atoms with van der Waals surface area (Å²) in [5.74, 6) is -0.0113. The number of amides is 1. The van der Waals surface area contributed by atoms with Crippen molar-refractivity contribution in [3.05, 3.63) is 29.3 Å². The third-order valence-corrected chi connectivity index (χ3v) is 4.77. The first-order chi connectivity index (χ1) is 12.4. The molecule has 6 heteroatoms. The number of hydrogen-bond donors (Lipinski definition) is 0. The number of carbonyl (C=O) groups is 2. The number of nitrogens with zero attached hydrogens (tertiary/aromatic N) is 2. The minimum absolute atomic E-state index is 0.0113. The van der Waals surface area contributed by atoms with Gasteiger partial charge in [0.2, 0.25) is 0 Å². The molecule has 0 radical (unpaired) electrons. The van der Waals surface area contributed by atoms with Crippen LogP contribution in [-0.2, 0) is 20.8 Å². The molecule has 26 heavy (non-hydrogen) atoms. The van der Waals surface area contributed by atoms with Gasteiger partial charge in [0, 0.05) is 44.2 Å². The van der Waals surface area contributed by atoms with Crippen molar-refractivity contribution in [1.29, 1.82) is 0 Å². The Morgan fingerprint density at radius 3 is 2.69 bits per heavy atom. The monoisotopic (exact) mass is 360 g/mol. The van der Waals surface area contributed by atoms with Gasteiger partial charge in [0.1, 0.15) is 11.9 Å². The SMILES string of the molecule is CC(C)(C)OC(=O)N1Cc2cccc(N3CCOCC3)c2C(CC=O)C1. The van der Waals surface area contributed by atoms with Crippen molar-refractivity contribution >= 4 is 18.1 Å². The lowest BCUT2D eigenvalue weighted by molar-refractivity contribution is -0.108. The van der Waals surface area contributed by atoms with Gasteiger partial charge in [-0.3, -0.25) is 0 Å². The average molecular weight is 360 g/mol. The molecule has 0 spiro atoms. The fourth-order valence-corrected chi connectivity index (χ4v) is 3.69. The molecule has 0 saturated carbocycles. The maximum Gasteiger partial charge on any atom is 0.410 e. The summed E-state index contributed by atoms with van der Waals surface area (Å²) in [6.07, 6.45) is 1.02. The van der Waals surface area contributed by atoms with E-state index in [2.05, 4.69) is 11.0 Å². The van der Waals surface area contributed by atoms with Crippen LogP contribution in [0.25, 0.3) is 0 Å². The van der Waals surface area contributed by atoms with Gasteiger partial charge < -0.3 is 24.1 Å². The Labute approximate surface area is 155 Å². The molecule has 1 amide bonds. The first kappa shape index (κ1) is 18.7. The van der Waals surface area contributed by atoms with Gasteiger partial charge in [0.15, 0.2) is 0 Å². The molecule has 1 unspecified atom stereocenters. The molecule has 142 valence electrons. The standard InChI is InChI=1S/C20H28N2O4/c1-20(2,3)26-19(24)22-13-15-5-4-6-17(21-8-11-25-12-9-21)18(15)16(14-22)7-10-23/h4-6,10,16H,7-9,11-14H2,1-3H3. The Balaban J connectivity index is 1.90. The molecule has 0 bridgehead atoms. The fraction of sp³-hybridized carbons (Fsp3) is 0.600. The lowest BCUT2D eigenvalue weighted by atomic mass is 9.86. The summed E-state index contributed by atoms with van der Waals surface area (Å²) in [5.41, 5.74) is 2.92. The predicted octanol–water partition coefficient (Wildman–Crippen LogP) is 2.95. The number of anilines is 1. The number of morpholine rings is 1. The first-order valence-corrected chi connectivity index (χ1v) is 9.25. The molecule has 2 aliphatic heterocycles. The zero-order valence-electron chi connectivity index (χ0n) is 15.9. The normalized spacial score (nSPS) is 20.5. The van der Waals surface area contributed by atoms with Gasteiger partial charge in [0.05, 0.1) is 13.2 Å². The van der Waals surface area contributed by atoms with Gasteiger partial charge in [-0.2, -0.15) is 0 Å². The summed E-state index contributed by atoms with van der Waals surface area (Å²) in [6, 6.07) is 6.19. The molecule has 1 saturated heterocycles. The highest BCUT2D eigenvalue weighted by Crippen LogP contribution is 2.38. The molecule has 0 aromatic heterocycles. The quantitative estimate of drug-likeness (QED) is 0.776. The molecule has 1 aromatic carbocycles. The number of ether oxygens (including phenoxy) is 2. The number of rotatable bonds is 3. The van der Waals surface area contributed by atoms with E-state index >= 15 is 0 Å². The van der Waals surface area contributed by atoms with Crippen molar-refractivity contribution in [1.82, 2.24) is 4.90 Å². The van der Waals surface area contributed by atoms with Gasteiger partial charge in [-0.15, -0.1) is 0 Å². The summed E-state index contributed by atoms with van der Waals surface area (Å²) in [6.45, 7) is 9.73. The van der Waals surface area contributed by atoms with Gasteiger partial charge in [-0.25, -0.2) is 4.79 Å². The minimum atomic E-state index is -0.535. The van der Waals surface area contributed by atoms with E-state index in [4.69, 9.17) is 9.47 Å². The summed E-state index contributed by atoms with van der Waals surface area (Å²) < 4.78 is 11.0. The Kier molecular flexibility index (Phi) is 5.51. The van der Waals surface area contributed by atoms with Crippen LogP contribution in [0.1, 0.15) is 44.2 Å². The third kappa shape index (κ3) is 4.18. The van der Waals surface area contributed by atoms with Gasteiger partial charge >= 0.3 is 6.09 Å². The number of carbonyl (C=O) groups excluding carboxylic acids is 2. The summed E-state index contributed by atoms with van der Waals surface area (Å²) in [7, 11) is 0. The summed E-state index contributed by atoms with van der Waals surface area (Å²) in [4.78, 5) is 27.9. The first-order valence-electron chi connectivity index (χ1n) is 9.25. The minimum Gasteiger partial charge on any atom is -0.444 e. The maximum atomic E-state index is 12.5. The van der Waals surface area contributed by atoms with E-state index in [0.717, 1.165) is 24.9 Å². The second kappa shape index (κ2) is 7.66. The van der Waals surface area contributed by atoms with Crippen LogP contribution >= 0.6 is 0 Å². The van der Waals surface area contributed by atoms with Crippen molar-refractivity contribution in [3.63, 3.8) is 0 Å². The van der Waals surface area contributed by atoms with E-state index in [9.17, 15) is 9.59 Å². The second-order valence-electron chi connectivity index (χ2n) is 7.91. The zero-order valence-corrected chi connectivity index (χ0v) is 15.9. The molecule has 1 atom stereocenters. The van der Waals surface area contributed by atoms with Crippen molar-refractivity contribution in [2.45, 2.75) is 45.3 Å². The molecule has 0 N–H and O–H groups in total. The Bertz CT molecular complexity index is 662. The maximum absolute atomic E-state index is 12.5. The van der Waals surface area contributed by atoms with Crippen LogP contribution in [-0.4, -0.2) is 55.7 Å². The van der Waals surface area contributed by atoms with Gasteiger partial charge in [-0.1, -0.05) is 12.1 Å². The molecular formula is C20H28N2O4. The number of aldehydes is 1. The molecule has 1 aromatic rings. The van der Waals surface area contributed by atoms with E-state index in [-0.39, 0.29) is 12.0 Å². The van der Waals surface area contributed by atoms with Gasteiger partial charge in [0.25, 0.3) is 0 Å². The van der Waals surface area contributed by atoms with E-state index in [0.29, 0.717) is 32.7 Å². The van der Waals surface area contributed by atoms with Crippen molar-refractivity contribution in [2.24, 2.45) is 0 Å². The van der Waals surface area contributed by atoms with Crippen molar-refractivity contribution < 1.29 is 19.1 Å². The lowest BCUT2D eigenvalue weighted by Crippen LogP contribution is -2.43. The molecule has 2 heterocycles. The van der Waals surface area contributed by atoms with Crippen molar-refractivity contribution in [3.8, 4) is 0 Å². The van der Waals surface area contributed by atoms with E-state index in [1.807, 2.05) is 32.9 Å². The highest BCUT2D eigenvalue weighted by Gasteiger charge is 2.33. The second-order valence-corrected chi connectivity index (χ2v) is 7.91. The largest absolute Gasteiger partial charge is 0.444 e. The van der Waals surface area contributed by atoms with Crippen LogP contribution in [0.15, 0.2) is 18.2 Å². The highest BCUT2D eigenvalue weighted by molar-refractivity contribution is 5.71. The molecule has 1 fully saturated rings. The van der Waals surface area contributed by atoms with Crippen LogP contribution in [0.4, 0.5) is 10.5 Å². The Morgan fingerprint density at radius 1 is 1.31 bits per heavy atom. The predicted molar refractivity (Wildman–Crippen MR) is 99.5 cm³/mol. The average Bonchev–Trinajstić information content (AvgIpc) is 2.60. The van der Waals surface area contributed by atoms with Crippen LogP contribution in [0, 0.1) is 0 Å². The van der Waals surface area contributed by atoms with Crippen LogP contribution < -0.4 is 4.90 Å². The lowest BCUT2D eigenvalue weighted by Gasteiger charge is -2.39. The van der Waals surface area contributed by atoms with Crippen LogP contribution in [0.3, 0.4) is 0 Å². The van der Waals surface area contributed by atoms with E-state index in [1.165, 1.54) is 11.3 Å². The third-order valence-electron chi connectivity index (χ3n) is 4.77. The van der Waals surface area contributed by atoms with Crippen LogP contribution in [0.5, 0.6) is 0 Å². The topological polar surface area (TPSA) is 59.1 Å². The number of fused-ring (bicyclic) bond motifs is 1. The van der Waals surface area contributed by atoms with Crippen molar-refractivity contribution in [2.75, 3.05) is 37.7 Å². The number of hydrogen-bond acceptors (Lipinski definition) is 5. The van der Waals surface area contributed by atoms with Crippen LogP contribution in [0.2, 0.25) is 0 Å². The summed E-state index contributed by atoms with van der Waals surface area (Å²) in [5, 5.41) is 0. The smallest absolute Gasteiger partial charge is 0.410 e. The fourth-order valence-electron chi connectivity index (χ4n) is 3.69.